The van der Waals surface area contributed by atoms with Crippen molar-refractivity contribution in [3.8, 4) is 11.3 Å². The minimum absolute atomic E-state index is 0.216. The Bertz CT molecular complexity index is 635. The zero-order chi connectivity index (χ0) is 15.7. The summed E-state index contributed by atoms with van der Waals surface area (Å²) in [5.74, 6) is -1.32. The number of amides is 1. The molecule has 0 saturated carbocycles. The topological polar surface area (TPSA) is 83.8 Å². The van der Waals surface area contributed by atoms with Crippen LogP contribution in [0.25, 0.3) is 11.3 Å². The molecule has 1 aromatic heterocycles. The number of aromatic nitrogens is 2. The standard InChI is InChI=1S/C13H13F3N4O/c1-12(17,13(14,15)16)11(21)19-9-4-2-3-8(7-9)10-5-6-18-20-10/h2-7H,17H2,1H3,(H,18,20)(H,19,21). The van der Waals surface area contributed by atoms with E-state index in [0.717, 1.165) is 0 Å². The van der Waals surface area contributed by atoms with Gasteiger partial charge < -0.3 is 11.1 Å². The summed E-state index contributed by atoms with van der Waals surface area (Å²) in [6.45, 7) is 0.626. The molecular formula is C13H13F3N4O. The Morgan fingerprint density at radius 2 is 2.05 bits per heavy atom. The molecule has 1 amide bonds. The zero-order valence-electron chi connectivity index (χ0n) is 11.0. The zero-order valence-corrected chi connectivity index (χ0v) is 11.0. The van der Waals surface area contributed by atoms with E-state index >= 15 is 0 Å². The summed E-state index contributed by atoms with van der Waals surface area (Å²) in [4.78, 5) is 11.7. The van der Waals surface area contributed by atoms with Crippen molar-refractivity contribution in [2.45, 2.75) is 18.6 Å². The summed E-state index contributed by atoms with van der Waals surface area (Å²) in [7, 11) is 0. The van der Waals surface area contributed by atoms with Crippen molar-refractivity contribution in [3.63, 3.8) is 0 Å². The van der Waals surface area contributed by atoms with Crippen molar-refractivity contribution in [3.05, 3.63) is 36.5 Å². The molecule has 0 aliphatic carbocycles. The number of carbonyl (C=O) groups excluding carboxylic acids is 1. The van der Waals surface area contributed by atoms with Gasteiger partial charge in [0.25, 0.3) is 5.91 Å². The van der Waals surface area contributed by atoms with Crippen molar-refractivity contribution in [1.29, 1.82) is 0 Å². The van der Waals surface area contributed by atoms with Crippen LogP contribution < -0.4 is 11.1 Å². The van der Waals surface area contributed by atoms with Crippen LogP contribution in [-0.4, -0.2) is 27.8 Å². The number of rotatable bonds is 3. The maximum absolute atomic E-state index is 12.7. The lowest BCUT2D eigenvalue weighted by Gasteiger charge is -2.26. The van der Waals surface area contributed by atoms with E-state index in [4.69, 9.17) is 5.73 Å². The molecule has 0 radical (unpaired) electrons. The second-order valence-corrected chi connectivity index (χ2v) is 4.71. The number of hydrogen-bond acceptors (Lipinski definition) is 3. The predicted molar refractivity (Wildman–Crippen MR) is 71.3 cm³/mol. The first-order chi connectivity index (χ1) is 9.72. The number of nitrogens with one attached hydrogen (secondary N) is 2. The quantitative estimate of drug-likeness (QED) is 0.813. The van der Waals surface area contributed by atoms with Crippen molar-refractivity contribution >= 4 is 11.6 Å². The maximum Gasteiger partial charge on any atom is 0.415 e. The Labute approximate surface area is 118 Å². The average molecular weight is 298 g/mol. The third kappa shape index (κ3) is 3.05. The molecule has 0 spiro atoms. The number of benzene rings is 1. The van der Waals surface area contributed by atoms with Crippen LogP contribution >= 0.6 is 0 Å². The van der Waals surface area contributed by atoms with Crippen molar-refractivity contribution < 1.29 is 18.0 Å². The lowest BCUT2D eigenvalue weighted by atomic mass is 10.0. The molecular weight excluding hydrogens is 285 g/mol. The van der Waals surface area contributed by atoms with Crippen LogP contribution in [0, 0.1) is 0 Å². The van der Waals surface area contributed by atoms with Gasteiger partial charge in [-0.25, -0.2) is 0 Å². The van der Waals surface area contributed by atoms with Crippen LogP contribution in [0.4, 0.5) is 18.9 Å². The van der Waals surface area contributed by atoms with Crippen LogP contribution in [-0.2, 0) is 4.79 Å². The highest BCUT2D eigenvalue weighted by molar-refractivity contribution is 5.98. The van der Waals surface area contributed by atoms with Crippen LogP contribution in [0.2, 0.25) is 0 Å². The summed E-state index contributed by atoms with van der Waals surface area (Å²) in [6.07, 6.45) is -3.29. The number of H-pyrrole nitrogens is 1. The number of nitrogens with zero attached hydrogens (tertiary/aromatic N) is 1. The van der Waals surface area contributed by atoms with Crippen LogP contribution in [0.1, 0.15) is 6.92 Å². The van der Waals surface area contributed by atoms with Gasteiger partial charge in [-0.3, -0.25) is 9.89 Å². The Hall–Kier alpha value is -2.35. The fourth-order valence-electron chi connectivity index (χ4n) is 1.57. The molecule has 1 heterocycles. The molecule has 2 aromatic rings. The van der Waals surface area contributed by atoms with Crippen LogP contribution in [0.3, 0.4) is 0 Å². The lowest BCUT2D eigenvalue weighted by Crippen LogP contribution is -2.59. The van der Waals surface area contributed by atoms with Gasteiger partial charge in [-0.05, 0) is 25.1 Å². The summed E-state index contributed by atoms with van der Waals surface area (Å²) in [5.41, 5.74) is 3.67. The number of alkyl halides is 3. The minimum atomic E-state index is -4.84. The molecule has 21 heavy (non-hydrogen) atoms. The molecule has 0 aliphatic rings. The molecule has 0 fully saturated rings. The van der Waals surface area contributed by atoms with E-state index in [2.05, 4.69) is 15.5 Å². The first kappa shape index (κ1) is 15.0. The number of halogens is 3. The molecule has 1 atom stereocenters. The van der Waals surface area contributed by atoms with E-state index in [1.54, 1.807) is 24.4 Å². The van der Waals surface area contributed by atoms with Gasteiger partial charge in [0, 0.05) is 17.4 Å². The van der Waals surface area contributed by atoms with Crippen molar-refractivity contribution in [2.24, 2.45) is 5.73 Å². The molecule has 0 bridgehead atoms. The number of carbonyl (C=O) groups is 1. The van der Waals surface area contributed by atoms with E-state index in [0.29, 0.717) is 18.2 Å². The maximum atomic E-state index is 12.7. The van der Waals surface area contributed by atoms with Gasteiger partial charge in [-0.1, -0.05) is 12.1 Å². The van der Waals surface area contributed by atoms with E-state index < -0.39 is 17.6 Å². The molecule has 4 N–H and O–H groups in total. The first-order valence-electron chi connectivity index (χ1n) is 5.98. The number of aromatic amines is 1. The number of nitrogens with two attached hydrogens (primary N) is 1. The van der Waals surface area contributed by atoms with Gasteiger partial charge >= 0.3 is 6.18 Å². The SMILES string of the molecule is CC(N)(C(=O)Nc1cccc(-c2ccn[nH]2)c1)C(F)(F)F. The third-order valence-corrected chi connectivity index (χ3v) is 2.99. The minimum Gasteiger partial charge on any atom is -0.324 e. The molecule has 2 rings (SSSR count). The van der Waals surface area contributed by atoms with Crippen molar-refractivity contribution in [1.82, 2.24) is 10.2 Å². The van der Waals surface area contributed by atoms with Crippen molar-refractivity contribution in [2.75, 3.05) is 5.32 Å². The molecule has 0 saturated heterocycles. The van der Waals surface area contributed by atoms with E-state index in [1.165, 1.54) is 12.1 Å². The summed E-state index contributed by atoms with van der Waals surface area (Å²) >= 11 is 0. The first-order valence-corrected chi connectivity index (χ1v) is 5.98. The summed E-state index contributed by atoms with van der Waals surface area (Å²) < 4.78 is 38.1. The smallest absolute Gasteiger partial charge is 0.324 e. The number of anilines is 1. The highest BCUT2D eigenvalue weighted by Crippen LogP contribution is 2.29. The monoisotopic (exact) mass is 298 g/mol. The van der Waals surface area contributed by atoms with Gasteiger partial charge in [-0.2, -0.15) is 18.3 Å². The Kier molecular flexibility index (Phi) is 3.73. The van der Waals surface area contributed by atoms with Crippen LogP contribution in [0.5, 0.6) is 0 Å². The Morgan fingerprint density at radius 1 is 1.33 bits per heavy atom. The highest BCUT2D eigenvalue weighted by atomic mass is 19.4. The van der Waals surface area contributed by atoms with Gasteiger partial charge in [0.05, 0.1) is 5.69 Å². The van der Waals surface area contributed by atoms with E-state index in [-0.39, 0.29) is 5.69 Å². The van der Waals surface area contributed by atoms with Gasteiger partial charge in [-0.15, -0.1) is 0 Å². The number of hydrogen-bond donors (Lipinski definition) is 3. The largest absolute Gasteiger partial charge is 0.415 e. The van der Waals surface area contributed by atoms with E-state index in [1.807, 2.05) is 0 Å². The molecule has 0 aliphatic heterocycles. The third-order valence-electron chi connectivity index (χ3n) is 2.99. The molecule has 5 nitrogen and oxygen atoms in total. The van der Waals surface area contributed by atoms with Gasteiger partial charge in [0.1, 0.15) is 0 Å². The highest BCUT2D eigenvalue weighted by Gasteiger charge is 2.53. The lowest BCUT2D eigenvalue weighted by molar-refractivity contribution is -0.184. The molecule has 1 aromatic carbocycles. The summed E-state index contributed by atoms with van der Waals surface area (Å²) in [5, 5.41) is 8.67. The molecule has 1 unspecified atom stereocenters. The Morgan fingerprint density at radius 3 is 2.62 bits per heavy atom. The Balaban J connectivity index is 2.21. The average Bonchev–Trinajstić information content (AvgIpc) is 2.91. The van der Waals surface area contributed by atoms with E-state index in [9.17, 15) is 18.0 Å². The molecule has 8 heteroatoms. The predicted octanol–water partition coefficient (Wildman–Crippen LogP) is 2.29. The van der Waals surface area contributed by atoms with Crippen LogP contribution in [0.15, 0.2) is 36.5 Å². The second-order valence-electron chi connectivity index (χ2n) is 4.71. The summed E-state index contributed by atoms with van der Waals surface area (Å²) in [6, 6.07) is 8.04. The normalized spacial score (nSPS) is 14.5. The fourth-order valence-corrected chi connectivity index (χ4v) is 1.57. The van der Waals surface area contributed by atoms with Gasteiger partial charge in [0.2, 0.25) is 0 Å². The molecule has 112 valence electrons. The second kappa shape index (κ2) is 5.21. The van der Waals surface area contributed by atoms with Gasteiger partial charge in [0.15, 0.2) is 5.54 Å². The fraction of sp³-hybridized carbons (Fsp3) is 0.231.